The van der Waals surface area contributed by atoms with Gasteiger partial charge in [-0.2, -0.15) is 0 Å². The van der Waals surface area contributed by atoms with Crippen molar-refractivity contribution in [3.63, 3.8) is 0 Å². The van der Waals surface area contributed by atoms with Crippen molar-refractivity contribution in [3.8, 4) is 0 Å². The van der Waals surface area contributed by atoms with E-state index in [0.717, 1.165) is 16.5 Å². The molecule has 1 aromatic carbocycles. The van der Waals surface area contributed by atoms with Crippen LogP contribution in [0.4, 0.5) is 0 Å². The highest BCUT2D eigenvalue weighted by molar-refractivity contribution is 5.94. The zero-order chi connectivity index (χ0) is 12.6. The number of fused-ring (bicyclic) bond motifs is 1. The third kappa shape index (κ3) is 1.82. The molecule has 0 aliphatic rings. The van der Waals surface area contributed by atoms with Gasteiger partial charge in [0.15, 0.2) is 0 Å². The molecule has 0 fully saturated rings. The highest BCUT2D eigenvalue weighted by atomic mass is 16.4. The Bertz CT molecular complexity index is 655. The maximum atomic E-state index is 11.7. The van der Waals surface area contributed by atoms with E-state index in [1.54, 1.807) is 22.8 Å². The fraction of sp³-hybridized carbons (Fsp3) is 0.231. The molecule has 0 atom stereocenters. The second-order valence-corrected chi connectivity index (χ2v) is 3.95. The van der Waals surface area contributed by atoms with Gasteiger partial charge in [-0.05, 0) is 43.0 Å². The molecule has 1 aromatic heterocycles. The van der Waals surface area contributed by atoms with E-state index in [0.29, 0.717) is 6.54 Å². The smallest absolute Gasteiger partial charge is 0.335 e. The molecule has 2 aromatic rings. The molecule has 0 aliphatic carbocycles. The number of carbonyl (C=O) groups is 1. The first-order valence-corrected chi connectivity index (χ1v) is 5.42. The number of carboxylic acids is 1. The largest absolute Gasteiger partial charge is 0.478 e. The van der Waals surface area contributed by atoms with Gasteiger partial charge in [0.2, 0.25) is 0 Å². The van der Waals surface area contributed by atoms with E-state index < -0.39 is 5.97 Å². The lowest BCUT2D eigenvalue weighted by molar-refractivity contribution is 0.0697. The van der Waals surface area contributed by atoms with E-state index in [1.165, 1.54) is 6.07 Å². The lowest BCUT2D eigenvalue weighted by Crippen LogP contribution is -2.19. The third-order valence-corrected chi connectivity index (χ3v) is 2.83. The lowest BCUT2D eigenvalue weighted by atomic mass is 10.1. The van der Waals surface area contributed by atoms with Crippen LogP contribution in [0.3, 0.4) is 0 Å². The Hall–Kier alpha value is -2.10. The summed E-state index contributed by atoms with van der Waals surface area (Å²) in [7, 11) is 0. The zero-order valence-electron chi connectivity index (χ0n) is 9.73. The molecule has 2 rings (SSSR count). The minimum absolute atomic E-state index is 0.0637. The predicted octanol–water partition coefficient (Wildman–Crippen LogP) is 2.03. The summed E-state index contributed by atoms with van der Waals surface area (Å²) in [6.07, 6.45) is 0. The molecule has 0 spiro atoms. The first kappa shape index (κ1) is 11.4. The van der Waals surface area contributed by atoms with Gasteiger partial charge in [0.25, 0.3) is 5.56 Å². The number of pyridine rings is 1. The van der Waals surface area contributed by atoms with Crippen LogP contribution in [0.1, 0.15) is 22.8 Å². The number of rotatable bonds is 2. The third-order valence-electron chi connectivity index (χ3n) is 2.83. The first-order chi connectivity index (χ1) is 8.04. The van der Waals surface area contributed by atoms with E-state index in [9.17, 15) is 9.59 Å². The monoisotopic (exact) mass is 231 g/mol. The van der Waals surface area contributed by atoms with Crippen molar-refractivity contribution < 1.29 is 9.90 Å². The van der Waals surface area contributed by atoms with Crippen LogP contribution in [-0.4, -0.2) is 15.6 Å². The van der Waals surface area contributed by atoms with Crippen LogP contribution < -0.4 is 5.56 Å². The zero-order valence-corrected chi connectivity index (χ0v) is 9.73. The molecule has 4 nitrogen and oxygen atoms in total. The summed E-state index contributed by atoms with van der Waals surface area (Å²) in [6.45, 7) is 4.29. The summed E-state index contributed by atoms with van der Waals surface area (Å²) >= 11 is 0. The Morgan fingerprint density at radius 3 is 2.65 bits per heavy atom. The summed E-state index contributed by atoms with van der Waals surface area (Å²) in [5.41, 5.74) is 1.80. The van der Waals surface area contributed by atoms with Crippen molar-refractivity contribution >= 4 is 16.9 Å². The molecule has 0 unspecified atom stereocenters. The molecule has 4 heteroatoms. The van der Waals surface area contributed by atoms with Crippen molar-refractivity contribution in [1.82, 2.24) is 4.57 Å². The maximum absolute atomic E-state index is 11.7. The molecule has 0 bridgehead atoms. The number of carboxylic acid groups (broad SMARTS) is 1. The SMILES string of the molecule is CCn1c(=O)ccc2cc(C(=O)O)cc(C)c21. The number of aromatic carboxylic acids is 1. The molecule has 0 aliphatic heterocycles. The van der Waals surface area contributed by atoms with E-state index in [2.05, 4.69) is 0 Å². The first-order valence-electron chi connectivity index (χ1n) is 5.42. The number of benzene rings is 1. The summed E-state index contributed by atoms with van der Waals surface area (Å²) in [5, 5.41) is 9.76. The average molecular weight is 231 g/mol. The second-order valence-electron chi connectivity index (χ2n) is 3.95. The number of nitrogens with zero attached hydrogens (tertiary/aromatic N) is 1. The van der Waals surface area contributed by atoms with Crippen molar-refractivity contribution in [2.75, 3.05) is 0 Å². The average Bonchev–Trinajstić information content (AvgIpc) is 2.29. The standard InChI is InChI=1S/C13H13NO3/c1-3-14-11(15)5-4-9-7-10(13(16)17)6-8(2)12(9)14/h4-7H,3H2,1-2H3,(H,16,17). The molecule has 0 saturated carbocycles. The molecular formula is C13H13NO3. The van der Waals surface area contributed by atoms with Crippen LogP contribution in [0.2, 0.25) is 0 Å². The van der Waals surface area contributed by atoms with Crippen molar-refractivity contribution in [1.29, 1.82) is 0 Å². The van der Waals surface area contributed by atoms with Crippen LogP contribution in [0.15, 0.2) is 29.1 Å². The maximum Gasteiger partial charge on any atom is 0.335 e. The van der Waals surface area contributed by atoms with E-state index in [1.807, 2.05) is 13.8 Å². The Balaban J connectivity index is 2.90. The Morgan fingerprint density at radius 1 is 1.35 bits per heavy atom. The summed E-state index contributed by atoms with van der Waals surface area (Å²) in [5.74, 6) is -0.954. The number of aryl methyl sites for hydroxylation is 2. The van der Waals surface area contributed by atoms with Gasteiger partial charge in [0.05, 0.1) is 11.1 Å². The molecular weight excluding hydrogens is 218 g/mol. The highest BCUT2D eigenvalue weighted by Crippen LogP contribution is 2.19. The lowest BCUT2D eigenvalue weighted by Gasteiger charge is -2.11. The minimum Gasteiger partial charge on any atom is -0.478 e. The number of hydrogen-bond acceptors (Lipinski definition) is 2. The molecule has 17 heavy (non-hydrogen) atoms. The van der Waals surface area contributed by atoms with Gasteiger partial charge in [-0.25, -0.2) is 4.79 Å². The fourth-order valence-electron chi connectivity index (χ4n) is 2.10. The van der Waals surface area contributed by atoms with Gasteiger partial charge in [-0.3, -0.25) is 4.79 Å². The van der Waals surface area contributed by atoms with Crippen LogP contribution in [0.25, 0.3) is 10.9 Å². The number of hydrogen-bond donors (Lipinski definition) is 1. The van der Waals surface area contributed by atoms with Crippen LogP contribution in [0, 0.1) is 6.92 Å². The molecule has 0 saturated heterocycles. The fourth-order valence-corrected chi connectivity index (χ4v) is 2.10. The molecule has 0 radical (unpaired) electrons. The van der Waals surface area contributed by atoms with Crippen molar-refractivity contribution in [2.45, 2.75) is 20.4 Å². The summed E-state index contributed by atoms with van der Waals surface area (Å²) in [4.78, 5) is 22.6. The van der Waals surface area contributed by atoms with Gasteiger partial charge in [0.1, 0.15) is 0 Å². The van der Waals surface area contributed by atoms with Gasteiger partial charge in [0, 0.05) is 12.6 Å². The van der Waals surface area contributed by atoms with E-state index in [-0.39, 0.29) is 11.1 Å². The Kier molecular flexibility index (Phi) is 2.71. The van der Waals surface area contributed by atoms with Gasteiger partial charge in [-0.15, -0.1) is 0 Å². The molecule has 1 N–H and O–H groups in total. The second kappa shape index (κ2) is 4.05. The number of aromatic nitrogens is 1. The summed E-state index contributed by atoms with van der Waals surface area (Å²) < 4.78 is 1.65. The summed E-state index contributed by atoms with van der Waals surface area (Å²) in [6, 6.07) is 6.33. The van der Waals surface area contributed by atoms with E-state index >= 15 is 0 Å². The molecule has 1 heterocycles. The normalized spacial score (nSPS) is 10.7. The van der Waals surface area contributed by atoms with Crippen molar-refractivity contribution in [3.05, 3.63) is 45.7 Å². The van der Waals surface area contributed by atoms with Gasteiger partial charge < -0.3 is 9.67 Å². The predicted molar refractivity (Wildman–Crippen MR) is 65.6 cm³/mol. The van der Waals surface area contributed by atoms with Crippen LogP contribution >= 0.6 is 0 Å². The highest BCUT2D eigenvalue weighted by Gasteiger charge is 2.09. The van der Waals surface area contributed by atoms with Gasteiger partial charge in [-0.1, -0.05) is 0 Å². The van der Waals surface area contributed by atoms with Crippen LogP contribution in [-0.2, 0) is 6.54 Å². The van der Waals surface area contributed by atoms with E-state index in [4.69, 9.17) is 5.11 Å². The molecule has 88 valence electrons. The Morgan fingerprint density at radius 2 is 2.06 bits per heavy atom. The minimum atomic E-state index is -0.954. The van der Waals surface area contributed by atoms with Crippen molar-refractivity contribution in [2.24, 2.45) is 0 Å². The quantitative estimate of drug-likeness (QED) is 0.860. The van der Waals surface area contributed by atoms with Crippen LogP contribution in [0.5, 0.6) is 0 Å². The topological polar surface area (TPSA) is 59.3 Å². The van der Waals surface area contributed by atoms with Gasteiger partial charge >= 0.3 is 5.97 Å². The molecule has 0 amide bonds. The Labute approximate surface area is 98.1 Å².